The zero-order chi connectivity index (χ0) is 14.7. The molecule has 1 nitrogen and oxygen atoms in total. The summed E-state index contributed by atoms with van der Waals surface area (Å²) in [7, 11) is 0. The molecule has 2 aromatic rings. The summed E-state index contributed by atoms with van der Waals surface area (Å²) >= 11 is 3.52. The second-order valence-corrected chi connectivity index (χ2v) is 5.57. The number of nitrogens with one attached hydrogen (secondary N) is 1. The van der Waals surface area contributed by atoms with Crippen LogP contribution in [0.2, 0.25) is 0 Å². The van der Waals surface area contributed by atoms with Crippen molar-refractivity contribution in [3.8, 4) is 0 Å². The molecule has 0 aliphatic heterocycles. The fraction of sp³-hybridized carbons (Fsp3) is 0.250. The van der Waals surface area contributed by atoms with Gasteiger partial charge in [0.2, 0.25) is 0 Å². The van der Waals surface area contributed by atoms with Gasteiger partial charge in [0, 0.05) is 10.5 Å². The predicted molar refractivity (Wildman–Crippen MR) is 80.8 cm³/mol. The van der Waals surface area contributed by atoms with E-state index >= 15 is 0 Å². The maximum absolute atomic E-state index is 13.4. The number of aryl methyl sites for hydroxylation is 1. The summed E-state index contributed by atoms with van der Waals surface area (Å²) in [5, 5.41) is 3.27. The van der Waals surface area contributed by atoms with Crippen LogP contribution in [-0.4, -0.2) is 6.54 Å². The van der Waals surface area contributed by atoms with Gasteiger partial charge in [-0.15, -0.1) is 0 Å². The van der Waals surface area contributed by atoms with Gasteiger partial charge in [0.25, 0.3) is 0 Å². The van der Waals surface area contributed by atoms with E-state index in [0.29, 0.717) is 12.1 Å². The molecule has 0 saturated carbocycles. The fourth-order valence-corrected chi connectivity index (χ4v) is 2.94. The minimum absolute atomic E-state index is 0.250. The normalized spacial score (nSPS) is 12.4. The monoisotopic (exact) mass is 339 g/mol. The first kappa shape index (κ1) is 15.1. The lowest BCUT2D eigenvalue weighted by molar-refractivity contribution is 0.565. The first-order chi connectivity index (χ1) is 9.51. The number of rotatable bonds is 4. The highest BCUT2D eigenvalue weighted by atomic mass is 79.9. The van der Waals surface area contributed by atoms with Crippen LogP contribution in [0.5, 0.6) is 0 Å². The number of hydrogen-bond donors (Lipinski definition) is 1. The topological polar surface area (TPSA) is 12.0 Å². The van der Waals surface area contributed by atoms with Gasteiger partial charge in [-0.1, -0.05) is 35.0 Å². The maximum Gasteiger partial charge on any atom is 0.126 e. The maximum atomic E-state index is 13.4. The molecule has 0 bridgehead atoms. The molecule has 20 heavy (non-hydrogen) atoms. The van der Waals surface area contributed by atoms with Gasteiger partial charge in [-0.2, -0.15) is 0 Å². The lowest BCUT2D eigenvalue weighted by Gasteiger charge is -2.21. The molecule has 0 saturated heterocycles. The lowest BCUT2D eigenvalue weighted by Crippen LogP contribution is -2.22. The van der Waals surface area contributed by atoms with Crippen LogP contribution in [0.1, 0.15) is 29.7 Å². The van der Waals surface area contributed by atoms with E-state index in [1.54, 1.807) is 0 Å². The summed E-state index contributed by atoms with van der Waals surface area (Å²) in [5.41, 5.74) is 2.66. The molecule has 0 aliphatic carbocycles. The number of benzene rings is 2. The highest BCUT2D eigenvalue weighted by Gasteiger charge is 2.17. The average molecular weight is 340 g/mol. The summed E-state index contributed by atoms with van der Waals surface area (Å²) in [5.74, 6) is -1.13. The lowest BCUT2D eigenvalue weighted by atomic mass is 9.97. The Labute approximate surface area is 126 Å². The number of halogens is 3. The molecule has 0 aromatic heterocycles. The van der Waals surface area contributed by atoms with Crippen LogP contribution < -0.4 is 5.32 Å². The molecule has 0 spiro atoms. The molecule has 0 aliphatic rings. The third-order valence-corrected chi connectivity index (χ3v) is 3.78. The SMILES string of the molecule is CCNC(c1cc(F)cc(F)c1)c1ccc(C)cc1Br. The van der Waals surface area contributed by atoms with Crippen molar-refractivity contribution in [3.63, 3.8) is 0 Å². The van der Waals surface area contributed by atoms with Crippen molar-refractivity contribution in [2.75, 3.05) is 6.54 Å². The summed E-state index contributed by atoms with van der Waals surface area (Å²) in [6.07, 6.45) is 0. The van der Waals surface area contributed by atoms with E-state index in [1.807, 2.05) is 32.0 Å². The highest BCUT2D eigenvalue weighted by Crippen LogP contribution is 2.30. The van der Waals surface area contributed by atoms with E-state index in [1.165, 1.54) is 12.1 Å². The van der Waals surface area contributed by atoms with Gasteiger partial charge < -0.3 is 5.32 Å². The Morgan fingerprint density at radius 3 is 2.30 bits per heavy atom. The van der Waals surface area contributed by atoms with Crippen molar-refractivity contribution >= 4 is 15.9 Å². The average Bonchev–Trinajstić information content (AvgIpc) is 2.35. The zero-order valence-electron chi connectivity index (χ0n) is 11.4. The fourth-order valence-electron chi connectivity index (χ4n) is 2.22. The molecule has 0 amide bonds. The van der Waals surface area contributed by atoms with Gasteiger partial charge in [0.05, 0.1) is 6.04 Å². The third-order valence-electron chi connectivity index (χ3n) is 3.09. The van der Waals surface area contributed by atoms with Gasteiger partial charge in [-0.05, 0) is 48.4 Å². The first-order valence-electron chi connectivity index (χ1n) is 6.46. The first-order valence-corrected chi connectivity index (χ1v) is 7.26. The summed E-state index contributed by atoms with van der Waals surface area (Å²) in [6.45, 7) is 4.66. The van der Waals surface area contributed by atoms with Crippen LogP contribution in [0.4, 0.5) is 8.78 Å². The molecule has 2 rings (SSSR count). The minimum Gasteiger partial charge on any atom is -0.306 e. The van der Waals surface area contributed by atoms with Gasteiger partial charge >= 0.3 is 0 Å². The molecule has 1 unspecified atom stereocenters. The quantitative estimate of drug-likeness (QED) is 0.848. The van der Waals surface area contributed by atoms with Crippen LogP contribution in [0.25, 0.3) is 0 Å². The van der Waals surface area contributed by atoms with Gasteiger partial charge in [0.15, 0.2) is 0 Å². The van der Waals surface area contributed by atoms with Crippen molar-refractivity contribution in [3.05, 3.63) is 69.2 Å². The van der Waals surface area contributed by atoms with Crippen LogP contribution in [0.15, 0.2) is 40.9 Å². The Morgan fingerprint density at radius 1 is 1.10 bits per heavy atom. The van der Waals surface area contributed by atoms with Crippen molar-refractivity contribution < 1.29 is 8.78 Å². The van der Waals surface area contributed by atoms with Crippen LogP contribution >= 0.6 is 15.9 Å². The molecular weight excluding hydrogens is 324 g/mol. The van der Waals surface area contributed by atoms with E-state index in [-0.39, 0.29) is 6.04 Å². The Bertz CT molecular complexity index is 593. The Kier molecular flexibility index (Phi) is 4.89. The second kappa shape index (κ2) is 6.46. The molecule has 0 heterocycles. The van der Waals surface area contributed by atoms with Crippen LogP contribution in [0.3, 0.4) is 0 Å². The van der Waals surface area contributed by atoms with Gasteiger partial charge in [-0.25, -0.2) is 8.78 Å². The summed E-state index contributed by atoms with van der Waals surface area (Å²) in [4.78, 5) is 0. The van der Waals surface area contributed by atoms with Crippen molar-refractivity contribution in [2.24, 2.45) is 0 Å². The van der Waals surface area contributed by atoms with Gasteiger partial charge in [0.1, 0.15) is 11.6 Å². The molecule has 1 atom stereocenters. The van der Waals surface area contributed by atoms with E-state index in [0.717, 1.165) is 21.7 Å². The summed E-state index contributed by atoms with van der Waals surface area (Å²) < 4.78 is 27.8. The smallest absolute Gasteiger partial charge is 0.126 e. The Morgan fingerprint density at radius 2 is 1.75 bits per heavy atom. The van der Waals surface area contributed by atoms with Gasteiger partial charge in [-0.3, -0.25) is 0 Å². The van der Waals surface area contributed by atoms with E-state index in [9.17, 15) is 8.78 Å². The molecular formula is C16H16BrF2N. The van der Waals surface area contributed by atoms with E-state index in [4.69, 9.17) is 0 Å². The molecule has 1 N–H and O–H groups in total. The summed E-state index contributed by atoms with van der Waals surface area (Å²) in [6, 6.07) is 9.31. The van der Waals surface area contributed by atoms with Crippen molar-refractivity contribution in [1.29, 1.82) is 0 Å². The van der Waals surface area contributed by atoms with E-state index < -0.39 is 11.6 Å². The van der Waals surface area contributed by atoms with Crippen LogP contribution in [0, 0.1) is 18.6 Å². The molecule has 0 radical (unpaired) electrons. The Hall–Kier alpha value is -1.26. The van der Waals surface area contributed by atoms with Crippen LogP contribution in [-0.2, 0) is 0 Å². The standard InChI is InChI=1S/C16H16BrF2N/c1-3-20-16(11-7-12(18)9-13(19)8-11)14-5-4-10(2)6-15(14)17/h4-9,16,20H,3H2,1-2H3. The molecule has 0 fully saturated rings. The highest BCUT2D eigenvalue weighted by molar-refractivity contribution is 9.10. The largest absolute Gasteiger partial charge is 0.306 e. The van der Waals surface area contributed by atoms with Crippen molar-refractivity contribution in [1.82, 2.24) is 5.32 Å². The molecule has 106 valence electrons. The third kappa shape index (κ3) is 3.44. The second-order valence-electron chi connectivity index (χ2n) is 4.72. The predicted octanol–water partition coefficient (Wildman–Crippen LogP) is 4.73. The molecule has 4 heteroatoms. The zero-order valence-corrected chi connectivity index (χ0v) is 13.0. The molecule has 2 aromatic carbocycles. The van der Waals surface area contributed by atoms with Crippen molar-refractivity contribution in [2.45, 2.75) is 19.9 Å². The Balaban J connectivity index is 2.49. The minimum atomic E-state index is -0.564. The van der Waals surface area contributed by atoms with E-state index in [2.05, 4.69) is 21.2 Å². The number of hydrogen-bond acceptors (Lipinski definition) is 1.